The van der Waals surface area contributed by atoms with E-state index in [4.69, 9.17) is 5.84 Å². The minimum absolute atomic E-state index is 0.0358. The minimum atomic E-state index is -0.109. The van der Waals surface area contributed by atoms with E-state index < -0.39 is 0 Å². The molecule has 0 aliphatic rings. The Morgan fingerprint density at radius 1 is 1.40 bits per heavy atom. The third-order valence-corrected chi connectivity index (χ3v) is 4.16. The Balaban J connectivity index is 2.21. The van der Waals surface area contributed by atoms with Crippen LogP contribution in [-0.2, 0) is 0 Å². The fourth-order valence-corrected chi connectivity index (χ4v) is 2.93. The Morgan fingerprint density at radius 3 is 2.80 bits per heavy atom. The normalized spacial score (nSPS) is 11.9. The summed E-state index contributed by atoms with van der Waals surface area (Å²) in [6.45, 7) is 4.01. The van der Waals surface area contributed by atoms with Gasteiger partial charge in [0.1, 0.15) is 0 Å². The molecule has 1 heterocycles. The highest BCUT2D eigenvalue weighted by Gasteiger charge is 2.17. The first-order chi connectivity index (χ1) is 9.65. The molecule has 1 atom stereocenters. The lowest BCUT2D eigenvalue weighted by atomic mass is 10.1. The molecule has 2 aromatic rings. The van der Waals surface area contributed by atoms with E-state index in [1.165, 1.54) is 0 Å². The Morgan fingerprint density at radius 2 is 2.20 bits per heavy atom. The fourth-order valence-electron chi connectivity index (χ4n) is 2.07. The Bertz CT molecular complexity index is 581. The minimum Gasteiger partial charge on any atom is -0.344 e. The van der Waals surface area contributed by atoms with E-state index in [0.717, 1.165) is 16.9 Å². The second-order valence-electron chi connectivity index (χ2n) is 4.64. The number of carbonyl (C=O) groups is 1. The van der Waals surface area contributed by atoms with Gasteiger partial charge in [-0.05, 0) is 36.9 Å². The number of thiophene rings is 1. The summed E-state index contributed by atoms with van der Waals surface area (Å²) >= 11 is 1.65. The van der Waals surface area contributed by atoms with Crippen molar-refractivity contribution in [1.82, 2.24) is 5.32 Å². The maximum Gasteiger partial charge on any atom is 0.253 e. The van der Waals surface area contributed by atoms with Crippen molar-refractivity contribution < 1.29 is 4.79 Å². The van der Waals surface area contributed by atoms with Crippen LogP contribution in [0.5, 0.6) is 0 Å². The van der Waals surface area contributed by atoms with E-state index in [1.54, 1.807) is 11.3 Å². The lowest BCUT2D eigenvalue weighted by molar-refractivity contribution is 0.0937. The number of hydrazine groups is 1. The first kappa shape index (κ1) is 14.6. The summed E-state index contributed by atoms with van der Waals surface area (Å²) in [6.07, 6.45) is 0.851. The second-order valence-corrected chi connectivity index (χ2v) is 5.62. The molecule has 0 saturated heterocycles. The highest BCUT2D eigenvalue weighted by atomic mass is 32.1. The van der Waals surface area contributed by atoms with Gasteiger partial charge in [0.05, 0.1) is 17.3 Å². The van der Waals surface area contributed by atoms with Crippen LogP contribution in [0.4, 0.5) is 5.69 Å². The zero-order valence-corrected chi connectivity index (χ0v) is 12.5. The summed E-state index contributed by atoms with van der Waals surface area (Å²) < 4.78 is 0. The average Bonchev–Trinajstić information content (AvgIpc) is 2.98. The van der Waals surface area contributed by atoms with Gasteiger partial charge in [-0.1, -0.05) is 24.6 Å². The van der Waals surface area contributed by atoms with Crippen molar-refractivity contribution in [3.63, 3.8) is 0 Å². The summed E-state index contributed by atoms with van der Waals surface area (Å²) in [4.78, 5) is 13.6. The van der Waals surface area contributed by atoms with Crippen molar-refractivity contribution in [3.8, 4) is 0 Å². The van der Waals surface area contributed by atoms with E-state index in [9.17, 15) is 4.79 Å². The van der Waals surface area contributed by atoms with Crippen LogP contribution in [0.25, 0.3) is 0 Å². The molecule has 1 aromatic carbocycles. The van der Waals surface area contributed by atoms with Gasteiger partial charge in [-0.25, -0.2) is 0 Å². The third-order valence-electron chi connectivity index (χ3n) is 3.18. The summed E-state index contributed by atoms with van der Waals surface area (Å²) in [7, 11) is 0. The number of aryl methyl sites for hydroxylation is 1. The quantitative estimate of drug-likeness (QED) is 0.585. The maximum atomic E-state index is 12.4. The molecule has 4 N–H and O–H groups in total. The summed E-state index contributed by atoms with van der Waals surface area (Å²) in [5, 5.41) is 5.08. The smallest absolute Gasteiger partial charge is 0.253 e. The number of hydrogen-bond donors (Lipinski definition) is 3. The summed E-state index contributed by atoms with van der Waals surface area (Å²) in [5.41, 5.74) is 4.80. The van der Waals surface area contributed by atoms with Crippen LogP contribution in [0.3, 0.4) is 0 Å². The van der Waals surface area contributed by atoms with E-state index >= 15 is 0 Å². The molecule has 1 unspecified atom stereocenters. The van der Waals surface area contributed by atoms with Gasteiger partial charge in [-0.2, -0.15) is 0 Å². The van der Waals surface area contributed by atoms with Gasteiger partial charge < -0.3 is 10.7 Å². The molecule has 0 fully saturated rings. The highest BCUT2D eigenvalue weighted by Crippen LogP contribution is 2.23. The Hall–Kier alpha value is -1.85. The predicted molar refractivity (Wildman–Crippen MR) is 83.8 cm³/mol. The number of nitrogens with two attached hydrogens (primary N) is 1. The standard InChI is InChI=1S/C15H19N3OS/c1-3-12(14-5-4-8-20-14)17-15(19)11-9-10(2)6-7-13(11)18-16/h4-9,12,18H,3,16H2,1-2H3,(H,17,19). The number of anilines is 1. The zero-order chi connectivity index (χ0) is 14.5. The fraction of sp³-hybridized carbons (Fsp3) is 0.267. The molecule has 2 rings (SSSR count). The van der Waals surface area contributed by atoms with E-state index in [0.29, 0.717) is 11.3 Å². The van der Waals surface area contributed by atoms with Crippen LogP contribution in [0.2, 0.25) is 0 Å². The maximum absolute atomic E-state index is 12.4. The lowest BCUT2D eigenvalue weighted by Crippen LogP contribution is -2.29. The molecule has 0 spiro atoms. The van der Waals surface area contributed by atoms with Gasteiger partial charge in [0.15, 0.2) is 0 Å². The first-order valence-corrected chi connectivity index (χ1v) is 7.45. The van der Waals surface area contributed by atoms with Gasteiger partial charge in [-0.15, -0.1) is 11.3 Å². The van der Waals surface area contributed by atoms with Gasteiger partial charge in [0.2, 0.25) is 0 Å². The molecule has 20 heavy (non-hydrogen) atoms. The number of rotatable bonds is 5. The second kappa shape index (κ2) is 6.54. The first-order valence-electron chi connectivity index (χ1n) is 6.57. The van der Waals surface area contributed by atoms with E-state index in [-0.39, 0.29) is 11.9 Å². The molecule has 106 valence electrons. The zero-order valence-electron chi connectivity index (χ0n) is 11.6. The monoisotopic (exact) mass is 289 g/mol. The van der Waals surface area contributed by atoms with Crippen LogP contribution >= 0.6 is 11.3 Å². The SMILES string of the molecule is CCC(NC(=O)c1cc(C)ccc1NN)c1cccs1. The van der Waals surface area contributed by atoms with Gasteiger partial charge in [0, 0.05) is 4.88 Å². The molecule has 4 nitrogen and oxygen atoms in total. The number of amides is 1. The van der Waals surface area contributed by atoms with Crippen molar-refractivity contribution in [2.75, 3.05) is 5.43 Å². The molecule has 0 aliphatic heterocycles. The van der Waals surface area contributed by atoms with Crippen LogP contribution in [0.1, 0.15) is 40.2 Å². The molecule has 0 aliphatic carbocycles. The van der Waals surface area contributed by atoms with E-state index in [2.05, 4.69) is 17.7 Å². The summed E-state index contributed by atoms with van der Waals surface area (Å²) in [6, 6.07) is 9.64. The summed E-state index contributed by atoms with van der Waals surface area (Å²) in [5.74, 6) is 5.36. The van der Waals surface area contributed by atoms with E-state index in [1.807, 2.05) is 42.6 Å². The van der Waals surface area contributed by atoms with Crippen LogP contribution in [0, 0.1) is 6.92 Å². The number of nitrogen functional groups attached to an aromatic ring is 1. The van der Waals surface area contributed by atoms with Gasteiger partial charge >= 0.3 is 0 Å². The third kappa shape index (κ3) is 3.18. The molecule has 1 aromatic heterocycles. The van der Waals surface area contributed by atoms with Gasteiger partial charge in [0.25, 0.3) is 5.91 Å². The molecule has 5 heteroatoms. The predicted octanol–water partition coefficient (Wildman–Crippen LogP) is 3.22. The molecule has 0 saturated carbocycles. The number of benzene rings is 1. The van der Waals surface area contributed by atoms with Crippen molar-refractivity contribution in [2.45, 2.75) is 26.3 Å². The van der Waals surface area contributed by atoms with Gasteiger partial charge in [-0.3, -0.25) is 10.6 Å². The highest BCUT2D eigenvalue weighted by molar-refractivity contribution is 7.10. The largest absolute Gasteiger partial charge is 0.344 e. The number of carbonyl (C=O) groups excluding carboxylic acids is 1. The molecule has 0 radical (unpaired) electrons. The Labute approximate surface area is 123 Å². The lowest BCUT2D eigenvalue weighted by Gasteiger charge is -2.17. The van der Waals surface area contributed by atoms with Crippen LogP contribution in [0.15, 0.2) is 35.7 Å². The molecule has 0 bridgehead atoms. The number of hydrogen-bond acceptors (Lipinski definition) is 4. The van der Waals surface area contributed by atoms with Crippen molar-refractivity contribution in [2.24, 2.45) is 5.84 Å². The molecular formula is C15H19N3OS. The molecular weight excluding hydrogens is 270 g/mol. The van der Waals surface area contributed by atoms with Crippen LogP contribution < -0.4 is 16.6 Å². The molecule has 1 amide bonds. The Kier molecular flexibility index (Phi) is 4.76. The van der Waals surface area contributed by atoms with Crippen molar-refractivity contribution >= 4 is 22.9 Å². The average molecular weight is 289 g/mol. The van der Waals surface area contributed by atoms with Crippen LogP contribution in [-0.4, -0.2) is 5.91 Å². The topological polar surface area (TPSA) is 67.2 Å². The number of nitrogens with one attached hydrogen (secondary N) is 2. The van der Waals surface area contributed by atoms with Crippen molar-refractivity contribution in [3.05, 3.63) is 51.7 Å². The van der Waals surface area contributed by atoms with Crippen molar-refractivity contribution in [1.29, 1.82) is 0 Å².